The number of hydrogen-bond acceptors (Lipinski definition) is 12. The minimum atomic E-state index is -4.86. The smallest absolute Gasteiger partial charge is 0.451 e. The maximum absolute atomic E-state index is 13.0. The number of aliphatic hydroxyl groups is 1. The van der Waals surface area contributed by atoms with Crippen molar-refractivity contribution in [1.29, 1.82) is 0 Å². The molecule has 4 rings (SSSR count). The summed E-state index contributed by atoms with van der Waals surface area (Å²) in [5.41, 5.74) is 6.48. The molecule has 186 valence electrons. The van der Waals surface area contributed by atoms with Crippen molar-refractivity contribution in [3.8, 4) is 0 Å². The van der Waals surface area contributed by atoms with Crippen LogP contribution in [0, 0.1) is 0 Å². The van der Waals surface area contributed by atoms with Crippen molar-refractivity contribution >= 4 is 31.7 Å². The molecular weight excluding hydrogens is 475 g/mol. The second kappa shape index (κ2) is 9.56. The Morgan fingerprint density at radius 3 is 2.82 bits per heavy atom. The van der Waals surface area contributed by atoms with E-state index in [1.165, 1.54) is 17.3 Å². The van der Waals surface area contributed by atoms with E-state index in [9.17, 15) is 19.3 Å². The predicted molar refractivity (Wildman–Crippen MR) is 115 cm³/mol. The summed E-state index contributed by atoms with van der Waals surface area (Å²) in [4.78, 5) is 48.8. The number of nitrogens with two attached hydrogens (primary N) is 1. The van der Waals surface area contributed by atoms with Crippen LogP contribution in [0.3, 0.4) is 0 Å². The van der Waals surface area contributed by atoms with E-state index >= 15 is 0 Å². The molecule has 0 aromatic heterocycles. The zero-order valence-electron chi connectivity index (χ0n) is 17.8. The molecule has 2 saturated heterocycles. The van der Waals surface area contributed by atoms with Crippen LogP contribution >= 0.6 is 7.82 Å². The molecule has 34 heavy (non-hydrogen) atoms. The highest BCUT2D eigenvalue weighted by Gasteiger charge is 2.54. The number of rotatable bonds is 7. The van der Waals surface area contributed by atoms with Gasteiger partial charge in [-0.1, -0.05) is 12.1 Å². The van der Waals surface area contributed by atoms with E-state index in [4.69, 9.17) is 25.0 Å². The standard InChI is InChI=1S/C18H25N6O9P/c1-20-9-5-3-2-4-8(9)17(27)33-13-12(25)10(6-31-34(28,29)30)32-16(13)24-7-21-11-14(24)22-18(19)23-15(11)26/h2-5,7,10-14,16,18,20,22,25H,6,19H2,1H3,(H,23,26)(H2,28,29,30)/t10-,11?,12-,13-,14?,16-,18?/m1/s1. The first kappa shape index (κ1) is 24.5. The minimum Gasteiger partial charge on any atom is -0.451 e. The molecule has 7 atom stereocenters. The Morgan fingerprint density at radius 1 is 1.38 bits per heavy atom. The molecule has 0 radical (unpaired) electrons. The third-order valence-electron chi connectivity index (χ3n) is 5.57. The Bertz CT molecular complexity index is 1020. The van der Waals surface area contributed by atoms with Crippen molar-refractivity contribution in [2.75, 3.05) is 19.0 Å². The first-order valence-electron chi connectivity index (χ1n) is 10.2. The van der Waals surface area contributed by atoms with Crippen molar-refractivity contribution in [2.45, 2.75) is 43.0 Å². The average Bonchev–Trinajstić information content (AvgIpc) is 3.33. The lowest BCUT2D eigenvalue weighted by Gasteiger charge is -2.38. The van der Waals surface area contributed by atoms with Crippen LogP contribution in [0.15, 0.2) is 29.3 Å². The zero-order valence-corrected chi connectivity index (χ0v) is 18.7. The maximum atomic E-state index is 13.0. The molecule has 3 aliphatic rings. The maximum Gasteiger partial charge on any atom is 0.469 e. The van der Waals surface area contributed by atoms with Gasteiger partial charge in [0.1, 0.15) is 24.7 Å². The Kier molecular flexibility index (Phi) is 6.89. The third kappa shape index (κ3) is 4.92. The summed E-state index contributed by atoms with van der Waals surface area (Å²) in [6.45, 7) is -0.685. The lowest BCUT2D eigenvalue weighted by molar-refractivity contribution is -0.130. The lowest BCUT2D eigenvalue weighted by atomic mass is 10.1. The first-order chi connectivity index (χ1) is 16.1. The van der Waals surface area contributed by atoms with Crippen molar-refractivity contribution in [3.63, 3.8) is 0 Å². The van der Waals surface area contributed by atoms with Gasteiger partial charge >= 0.3 is 13.8 Å². The molecule has 15 nitrogen and oxygen atoms in total. The van der Waals surface area contributed by atoms with Gasteiger partial charge in [0.15, 0.2) is 18.4 Å². The Balaban J connectivity index is 1.59. The van der Waals surface area contributed by atoms with E-state index in [2.05, 4.69) is 25.5 Å². The molecular formula is C18H25N6O9P. The molecule has 8 N–H and O–H groups in total. The highest BCUT2D eigenvalue weighted by atomic mass is 31.2. The number of amides is 1. The van der Waals surface area contributed by atoms with Crippen molar-refractivity contribution in [1.82, 2.24) is 15.5 Å². The Morgan fingerprint density at radius 2 is 2.12 bits per heavy atom. The van der Waals surface area contributed by atoms with E-state index < -0.39 is 69.3 Å². The molecule has 0 bridgehead atoms. The number of esters is 1. The number of carbonyl (C=O) groups excluding carboxylic acids is 2. The molecule has 2 fully saturated rings. The summed E-state index contributed by atoms with van der Waals surface area (Å²) < 4.78 is 27.0. The van der Waals surface area contributed by atoms with Crippen molar-refractivity contribution in [3.05, 3.63) is 29.8 Å². The van der Waals surface area contributed by atoms with Crippen LogP contribution in [0.5, 0.6) is 0 Å². The van der Waals surface area contributed by atoms with Gasteiger partial charge in [0.2, 0.25) is 0 Å². The number of anilines is 1. The Hall–Kier alpha value is -2.62. The van der Waals surface area contributed by atoms with Gasteiger partial charge in [-0.15, -0.1) is 0 Å². The normalized spacial score (nSPS) is 32.9. The van der Waals surface area contributed by atoms with E-state index in [0.29, 0.717) is 5.69 Å². The fourth-order valence-corrected chi connectivity index (χ4v) is 4.34. The quantitative estimate of drug-likeness (QED) is 0.152. The number of para-hydroxylation sites is 1. The van der Waals surface area contributed by atoms with Gasteiger partial charge in [-0.2, -0.15) is 0 Å². The van der Waals surface area contributed by atoms with Crippen LogP contribution in [0.25, 0.3) is 0 Å². The molecule has 3 aliphatic heterocycles. The van der Waals surface area contributed by atoms with Crippen LogP contribution in [-0.2, 0) is 23.4 Å². The molecule has 1 amide bonds. The molecule has 0 spiro atoms. The van der Waals surface area contributed by atoms with E-state index in [1.807, 2.05) is 0 Å². The summed E-state index contributed by atoms with van der Waals surface area (Å²) in [5, 5.41) is 19.1. The molecule has 0 saturated carbocycles. The number of nitrogens with one attached hydrogen (secondary N) is 3. The number of phosphoric ester groups is 1. The monoisotopic (exact) mass is 500 g/mol. The van der Waals surface area contributed by atoms with Crippen LogP contribution in [0.2, 0.25) is 0 Å². The number of aliphatic hydroxyl groups excluding tert-OH is 1. The molecule has 1 aromatic rings. The lowest BCUT2D eigenvalue weighted by Crippen LogP contribution is -2.70. The van der Waals surface area contributed by atoms with Gasteiger partial charge in [-0.3, -0.25) is 25.4 Å². The van der Waals surface area contributed by atoms with Gasteiger partial charge in [0.05, 0.1) is 18.5 Å². The predicted octanol–water partition coefficient (Wildman–Crippen LogP) is -2.55. The average molecular weight is 500 g/mol. The summed E-state index contributed by atoms with van der Waals surface area (Å²) >= 11 is 0. The zero-order chi connectivity index (χ0) is 24.6. The number of phosphoric acid groups is 1. The summed E-state index contributed by atoms with van der Waals surface area (Å²) in [7, 11) is -3.24. The summed E-state index contributed by atoms with van der Waals surface area (Å²) in [6.07, 6.45) is -5.69. The largest absolute Gasteiger partial charge is 0.469 e. The minimum absolute atomic E-state index is 0.191. The second-order valence-corrected chi connectivity index (χ2v) is 9.00. The van der Waals surface area contributed by atoms with Crippen molar-refractivity contribution in [2.24, 2.45) is 10.7 Å². The van der Waals surface area contributed by atoms with Crippen LogP contribution in [-0.4, -0.2) is 94.7 Å². The number of nitrogens with zero attached hydrogens (tertiary/aromatic N) is 2. The summed E-state index contributed by atoms with van der Waals surface area (Å²) in [6, 6.07) is 5.66. The van der Waals surface area contributed by atoms with Gasteiger partial charge in [0.25, 0.3) is 5.91 Å². The van der Waals surface area contributed by atoms with E-state index in [0.717, 1.165) is 0 Å². The molecule has 0 aliphatic carbocycles. The number of fused-ring (bicyclic) bond motifs is 1. The number of aliphatic imine (C=N–C) groups is 1. The molecule has 16 heteroatoms. The van der Waals surface area contributed by atoms with Crippen LogP contribution in [0.4, 0.5) is 5.69 Å². The highest BCUT2D eigenvalue weighted by molar-refractivity contribution is 7.46. The molecule has 1 aromatic carbocycles. The van der Waals surface area contributed by atoms with E-state index in [1.54, 1.807) is 25.2 Å². The number of carbonyl (C=O) groups is 2. The first-order valence-corrected chi connectivity index (χ1v) is 11.8. The summed E-state index contributed by atoms with van der Waals surface area (Å²) in [5.74, 6) is -1.22. The third-order valence-corrected chi connectivity index (χ3v) is 6.06. The highest BCUT2D eigenvalue weighted by Crippen LogP contribution is 2.38. The SMILES string of the molecule is CNc1ccccc1C(=O)O[C@@H]1[C@H](O)[C@@H](COP(=O)(O)O)O[C@H]1N1C=NC2C(=O)NC(N)NC21. The Labute approximate surface area is 193 Å². The van der Waals surface area contributed by atoms with Crippen LogP contribution in [0.1, 0.15) is 10.4 Å². The second-order valence-electron chi connectivity index (χ2n) is 7.76. The number of benzene rings is 1. The van der Waals surface area contributed by atoms with Gasteiger partial charge in [-0.25, -0.2) is 9.36 Å². The fourth-order valence-electron chi connectivity index (χ4n) is 4.00. The van der Waals surface area contributed by atoms with E-state index in [-0.39, 0.29) is 5.56 Å². The van der Waals surface area contributed by atoms with Gasteiger partial charge < -0.3 is 39.9 Å². The number of ether oxygens (including phenoxy) is 2. The molecule has 3 unspecified atom stereocenters. The van der Waals surface area contributed by atoms with Crippen LogP contribution < -0.4 is 21.7 Å². The van der Waals surface area contributed by atoms with Gasteiger partial charge in [0, 0.05) is 12.7 Å². The number of hydrogen-bond donors (Lipinski definition) is 7. The van der Waals surface area contributed by atoms with Gasteiger partial charge in [-0.05, 0) is 12.1 Å². The topological polar surface area (TPSA) is 217 Å². The van der Waals surface area contributed by atoms with Crippen molar-refractivity contribution < 1.29 is 43.0 Å². The molecule has 3 heterocycles. The fraction of sp³-hybridized carbons (Fsp3) is 0.500.